The summed E-state index contributed by atoms with van der Waals surface area (Å²) in [5.74, 6) is 1.77. The molecule has 0 saturated carbocycles. The minimum atomic E-state index is -2.45. The summed E-state index contributed by atoms with van der Waals surface area (Å²) in [6.45, 7) is 1.17. The molecule has 10 heteroatoms. The topological polar surface area (TPSA) is 104 Å². The molecule has 0 aliphatic carbocycles. The number of halogens is 1. The lowest BCUT2D eigenvalue weighted by atomic mass is 10.1. The van der Waals surface area contributed by atoms with E-state index in [1.165, 1.54) is 0 Å². The van der Waals surface area contributed by atoms with Crippen LogP contribution < -0.4 is 15.0 Å². The van der Waals surface area contributed by atoms with Gasteiger partial charge in [0.25, 0.3) is 0 Å². The Morgan fingerprint density at radius 2 is 1.91 bits per heavy atom. The Kier molecular flexibility index (Phi) is 5.97. The maximum Gasteiger partial charge on any atom is 0.227 e. The number of anilines is 3. The lowest BCUT2D eigenvalue weighted by Crippen LogP contribution is -2.39. The van der Waals surface area contributed by atoms with Gasteiger partial charge in [0.1, 0.15) is 5.75 Å². The van der Waals surface area contributed by atoms with Crippen LogP contribution in [0.15, 0.2) is 60.9 Å². The molecule has 0 radical (unpaired) electrons. The highest BCUT2D eigenvalue weighted by atomic mass is 35.5. The van der Waals surface area contributed by atoms with Crippen LogP contribution in [-0.2, 0) is 9.73 Å². The number of methoxy groups -OCH3 is 1. The minimum absolute atomic E-state index is 0.375. The van der Waals surface area contributed by atoms with Crippen LogP contribution in [0.1, 0.15) is 0 Å². The zero-order valence-electron chi connectivity index (χ0n) is 18.5. The molecular formula is C24H23ClN6O2S. The van der Waals surface area contributed by atoms with Gasteiger partial charge in [-0.3, -0.25) is 9.76 Å². The van der Waals surface area contributed by atoms with Gasteiger partial charge in [-0.1, -0.05) is 29.8 Å². The summed E-state index contributed by atoms with van der Waals surface area (Å²) in [5.41, 5.74) is 4.01. The lowest BCUT2D eigenvalue weighted by molar-refractivity contribution is 0.416. The van der Waals surface area contributed by atoms with Crippen LogP contribution in [0.4, 0.5) is 17.3 Å². The van der Waals surface area contributed by atoms with Crippen molar-refractivity contribution >= 4 is 49.6 Å². The Balaban J connectivity index is 1.45. The van der Waals surface area contributed by atoms with E-state index in [1.807, 2.05) is 48.5 Å². The monoisotopic (exact) mass is 494 g/mol. The van der Waals surface area contributed by atoms with Crippen LogP contribution in [0.25, 0.3) is 22.2 Å². The quantitative estimate of drug-likeness (QED) is 0.404. The molecule has 0 unspecified atom stereocenters. The zero-order valence-corrected chi connectivity index (χ0v) is 20.1. The predicted molar refractivity (Wildman–Crippen MR) is 137 cm³/mol. The van der Waals surface area contributed by atoms with Crippen molar-refractivity contribution in [1.29, 1.82) is 4.78 Å². The van der Waals surface area contributed by atoms with Crippen molar-refractivity contribution in [1.82, 2.24) is 15.0 Å². The molecule has 0 spiro atoms. The Morgan fingerprint density at radius 3 is 2.71 bits per heavy atom. The van der Waals surface area contributed by atoms with Crippen LogP contribution in [0.3, 0.4) is 0 Å². The van der Waals surface area contributed by atoms with Crippen molar-refractivity contribution in [3.8, 4) is 17.0 Å². The molecule has 34 heavy (non-hydrogen) atoms. The Bertz CT molecular complexity index is 1460. The summed E-state index contributed by atoms with van der Waals surface area (Å²) in [5, 5.41) is 4.64. The molecule has 0 atom stereocenters. The van der Waals surface area contributed by atoms with Gasteiger partial charge in [-0.15, -0.1) is 0 Å². The molecule has 1 aliphatic rings. The number of aromatic nitrogens is 3. The summed E-state index contributed by atoms with van der Waals surface area (Å²) in [4.78, 5) is 15.6. The second kappa shape index (κ2) is 9.08. The van der Waals surface area contributed by atoms with Crippen LogP contribution in [0, 0.1) is 4.78 Å². The number of fused-ring (bicyclic) bond motifs is 1. The van der Waals surface area contributed by atoms with Gasteiger partial charge in [0, 0.05) is 63.2 Å². The molecule has 2 aromatic carbocycles. The van der Waals surface area contributed by atoms with Crippen molar-refractivity contribution in [3.63, 3.8) is 0 Å². The fourth-order valence-electron chi connectivity index (χ4n) is 4.01. The molecule has 1 fully saturated rings. The summed E-state index contributed by atoms with van der Waals surface area (Å²) >= 11 is 6.48. The largest absolute Gasteiger partial charge is 0.494 e. The highest BCUT2D eigenvalue weighted by Gasteiger charge is 2.20. The van der Waals surface area contributed by atoms with Gasteiger partial charge >= 0.3 is 0 Å². The molecule has 1 saturated heterocycles. The summed E-state index contributed by atoms with van der Waals surface area (Å²) < 4.78 is 25.4. The molecule has 2 N–H and O–H groups in total. The van der Waals surface area contributed by atoms with Crippen molar-refractivity contribution in [2.45, 2.75) is 0 Å². The lowest BCUT2D eigenvalue weighted by Gasteiger charge is -2.30. The number of ether oxygens (including phenoxy) is 1. The maximum atomic E-state index is 12.0. The van der Waals surface area contributed by atoms with Gasteiger partial charge in [-0.2, -0.15) is 0 Å². The van der Waals surface area contributed by atoms with E-state index in [4.69, 9.17) is 26.1 Å². The average molecular weight is 495 g/mol. The summed E-state index contributed by atoms with van der Waals surface area (Å²) in [6.07, 6.45) is 3.32. The number of benzene rings is 2. The molecule has 4 aromatic rings. The normalized spacial score (nSPS) is 15.3. The third-order valence-electron chi connectivity index (χ3n) is 5.83. The van der Waals surface area contributed by atoms with Crippen LogP contribution >= 0.6 is 11.6 Å². The van der Waals surface area contributed by atoms with Crippen molar-refractivity contribution in [2.24, 2.45) is 0 Å². The van der Waals surface area contributed by atoms with Gasteiger partial charge < -0.3 is 15.0 Å². The Morgan fingerprint density at radius 1 is 1.12 bits per heavy atom. The first-order chi connectivity index (χ1) is 16.4. The van der Waals surface area contributed by atoms with Gasteiger partial charge in [-0.25, -0.2) is 14.2 Å². The fraction of sp³-hybridized carbons (Fsp3) is 0.208. The van der Waals surface area contributed by atoms with Gasteiger partial charge in [-0.05, 0) is 24.3 Å². The van der Waals surface area contributed by atoms with E-state index in [2.05, 4.69) is 20.2 Å². The smallest absolute Gasteiger partial charge is 0.227 e. The minimum Gasteiger partial charge on any atom is -0.494 e. The Hall–Kier alpha value is -3.43. The summed E-state index contributed by atoms with van der Waals surface area (Å²) in [7, 11) is -0.844. The number of pyridine rings is 1. The molecule has 1 aliphatic heterocycles. The molecule has 174 valence electrons. The molecule has 0 bridgehead atoms. The third-order valence-corrected chi connectivity index (χ3v) is 7.79. The second-order valence-electron chi connectivity index (χ2n) is 7.98. The average Bonchev–Trinajstić information content (AvgIpc) is 2.85. The highest BCUT2D eigenvalue weighted by molar-refractivity contribution is 7.92. The second-order valence-corrected chi connectivity index (χ2v) is 10.8. The molecule has 0 amide bonds. The van der Waals surface area contributed by atoms with Crippen LogP contribution in [-0.4, -0.2) is 50.9 Å². The van der Waals surface area contributed by atoms with Gasteiger partial charge in [0.2, 0.25) is 5.95 Å². The van der Waals surface area contributed by atoms with Crippen LogP contribution in [0.2, 0.25) is 5.02 Å². The SMILES string of the molecule is COc1cc(N2CCS(=N)(=O)CC2)ccc1Nc1ncc(Cl)c(-c2ccnc3ccccc23)n1. The number of para-hydroxylation sites is 1. The van der Waals surface area contributed by atoms with E-state index in [0.29, 0.717) is 52.7 Å². The van der Waals surface area contributed by atoms with Crippen molar-refractivity contribution in [2.75, 3.05) is 41.9 Å². The van der Waals surface area contributed by atoms with Crippen molar-refractivity contribution in [3.05, 3.63) is 65.9 Å². The van der Waals surface area contributed by atoms with Gasteiger partial charge in [0.05, 0.1) is 35.2 Å². The third kappa shape index (κ3) is 4.49. The number of rotatable bonds is 5. The Labute approximate surface area is 203 Å². The predicted octanol–water partition coefficient (Wildman–Crippen LogP) is 4.96. The standard InChI is InChI=1S/C24H23ClN6O2S/c1-33-22-14-16(31-10-12-34(26,32)13-11-31)6-7-21(22)29-24-28-15-19(25)23(30-24)18-8-9-27-20-5-3-2-4-17(18)20/h2-9,14-15,26H,10-13H2,1H3,(H,28,29,30). The number of hydrogen-bond donors (Lipinski definition) is 2. The van der Waals surface area contributed by atoms with E-state index in [9.17, 15) is 4.21 Å². The number of hydrogen-bond acceptors (Lipinski definition) is 8. The molecule has 8 nitrogen and oxygen atoms in total. The van der Waals surface area contributed by atoms with Crippen LogP contribution in [0.5, 0.6) is 5.75 Å². The number of nitrogens with one attached hydrogen (secondary N) is 2. The van der Waals surface area contributed by atoms with Crippen molar-refractivity contribution < 1.29 is 8.95 Å². The number of nitrogens with zero attached hydrogens (tertiary/aromatic N) is 4. The first-order valence-corrected chi connectivity index (χ1v) is 13.0. The van der Waals surface area contributed by atoms with E-state index in [-0.39, 0.29) is 0 Å². The first kappa shape index (κ1) is 22.4. The molecule has 3 heterocycles. The maximum absolute atomic E-state index is 12.0. The molecule has 2 aromatic heterocycles. The fourth-order valence-corrected chi connectivity index (χ4v) is 5.43. The van der Waals surface area contributed by atoms with Gasteiger partial charge in [0.15, 0.2) is 0 Å². The molecule has 5 rings (SSSR count). The summed E-state index contributed by atoms with van der Waals surface area (Å²) in [6, 6.07) is 15.5. The zero-order chi connectivity index (χ0) is 23.7. The highest BCUT2D eigenvalue weighted by Crippen LogP contribution is 2.34. The van der Waals surface area contributed by atoms with E-state index in [1.54, 1.807) is 19.5 Å². The van der Waals surface area contributed by atoms with E-state index >= 15 is 0 Å². The first-order valence-electron chi connectivity index (χ1n) is 10.7. The van der Waals surface area contributed by atoms with E-state index < -0.39 is 9.73 Å². The molecular weight excluding hydrogens is 472 g/mol. The van der Waals surface area contributed by atoms with E-state index in [0.717, 1.165) is 22.2 Å².